The van der Waals surface area contributed by atoms with E-state index in [4.69, 9.17) is 28.0 Å². The fourth-order valence-electron chi connectivity index (χ4n) is 3.15. The van der Waals surface area contributed by atoms with Crippen molar-refractivity contribution in [3.05, 3.63) is 69.1 Å². The van der Waals surface area contributed by atoms with Gasteiger partial charge in [-0.15, -0.1) is 0 Å². The maximum atomic E-state index is 13.4. The average molecular weight is 539 g/mol. The van der Waals surface area contributed by atoms with Crippen molar-refractivity contribution in [2.24, 2.45) is 5.16 Å². The summed E-state index contributed by atoms with van der Waals surface area (Å²) in [6.07, 6.45) is 0.371. The third-order valence-corrected chi connectivity index (χ3v) is 5.26. The van der Waals surface area contributed by atoms with E-state index in [1.54, 1.807) is 26.0 Å². The molecule has 190 valence electrons. The molecular weight excluding hydrogens is 517 g/mol. The quantitative estimate of drug-likeness (QED) is 0.209. The van der Waals surface area contributed by atoms with Crippen molar-refractivity contribution in [1.29, 1.82) is 0 Å². The number of carbonyl (C=O) groups excluding carboxylic acids is 2. The lowest BCUT2D eigenvalue weighted by molar-refractivity contribution is 0.0955. The van der Waals surface area contributed by atoms with Gasteiger partial charge in [-0.25, -0.2) is 18.4 Å². The first-order valence-electron chi connectivity index (χ1n) is 10.7. The number of nitrogens with one attached hydrogen (secondary N) is 2. The van der Waals surface area contributed by atoms with Gasteiger partial charge in [0.15, 0.2) is 5.82 Å². The van der Waals surface area contributed by atoms with E-state index >= 15 is 0 Å². The average Bonchev–Trinajstić information content (AvgIpc) is 3.28. The molecule has 0 fully saturated rings. The molecular formula is C23H22Cl2F2N6O3. The van der Waals surface area contributed by atoms with Crippen LogP contribution in [0.4, 0.5) is 14.5 Å². The highest BCUT2D eigenvalue weighted by molar-refractivity contribution is 6.32. The molecule has 0 aliphatic carbocycles. The number of oxime groups is 1. The minimum absolute atomic E-state index is 0.00396. The zero-order chi connectivity index (χ0) is 26.2. The Morgan fingerprint density at radius 1 is 1.25 bits per heavy atom. The topological polar surface area (TPSA) is 110 Å². The van der Waals surface area contributed by atoms with Crippen molar-refractivity contribution in [3.63, 3.8) is 0 Å². The summed E-state index contributed by atoms with van der Waals surface area (Å²) >= 11 is 12.3. The smallest absolute Gasteiger partial charge is 0.282 e. The fraction of sp³-hybridized carbons (Fsp3) is 0.261. The van der Waals surface area contributed by atoms with Gasteiger partial charge in [-0.3, -0.25) is 9.59 Å². The first-order valence-corrected chi connectivity index (χ1v) is 11.5. The molecule has 0 saturated heterocycles. The lowest BCUT2D eigenvalue weighted by Gasteiger charge is -2.15. The summed E-state index contributed by atoms with van der Waals surface area (Å²) in [7, 11) is 0. The number of aryl methyl sites for hydroxylation is 1. The van der Waals surface area contributed by atoms with E-state index in [0.717, 1.165) is 10.7 Å². The lowest BCUT2D eigenvalue weighted by Crippen LogP contribution is -2.27. The molecule has 2 heterocycles. The Hall–Kier alpha value is -3.57. The van der Waals surface area contributed by atoms with E-state index in [0.29, 0.717) is 18.6 Å². The van der Waals surface area contributed by atoms with Gasteiger partial charge < -0.3 is 15.5 Å². The lowest BCUT2D eigenvalue weighted by atomic mass is 10.1. The van der Waals surface area contributed by atoms with Crippen LogP contribution >= 0.6 is 23.2 Å². The zero-order valence-corrected chi connectivity index (χ0v) is 20.8. The van der Waals surface area contributed by atoms with E-state index in [1.807, 2.05) is 0 Å². The normalized spacial score (nSPS) is 11.2. The summed E-state index contributed by atoms with van der Waals surface area (Å²) in [6.45, 7) is 4.11. The predicted octanol–water partition coefficient (Wildman–Crippen LogP) is 5.21. The van der Waals surface area contributed by atoms with Crippen LogP contribution in [-0.2, 0) is 4.84 Å². The summed E-state index contributed by atoms with van der Waals surface area (Å²) in [5.74, 6) is -1.31. The van der Waals surface area contributed by atoms with E-state index in [-0.39, 0.29) is 39.4 Å². The second-order valence-electron chi connectivity index (χ2n) is 7.33. The van der Waals surface area contributed by atoms with E-state index in [2.05, 4.69) is 25.9 Å². The molecule has 0 atom stereocenters. The molecule has 13 heteroatoms. The number of carbonyl (C=O) groups is 2. The number of benzene rings is 1. The highest BCUT2D eigenvalue weighted by Crippen LogP contribution is 2.28. The Labute approximate surface area is 215 Å². The molecule has 2 N–H and O–H groups in total. The molecule has 0 radical (unpaired) electrons. The molecule has 0 aliphatic rings. The molecule has 9 nitrogen and oxygen atoms in total. The van der Waals surface area contributed by atoms with Gasteiger partial charge in [-0.2, -0.15) is 5.10 Å². The first-order chi connectivity index (χ1) is 17.2. The third kappa shape index (κ3) is 6.55. The second kappa shape index (κ2) is 12.4. The number of hydrogen-bond acceptors (Lipinski definition) is 6. The standard InChI is InChI=1S/C23H22Cl2F2N6O3/c1-3-36-30-9-5-8-29-22(34)15-11-14(24)10-13(2)19(15)31-23(35)18-12-17(20(26)27)32-33(18)21-16(25)6-4-7-28-21/h4,6-7,9-12,20H,3,5,8H2,1-2H3,(H,29,34)(H,31,35)/b30-9+. The Morgan fingerprint density at radius 3 is 2.72 bits per heavy atom. The molecule has 3 aromatic rings. The van der Waals surface area contributed by atoms with Crippen LogP contribution in [-0.4, -0.2) is 45.9 Å². The van der Waals surface area contributed by atoms with Crippen LogP contribution < -0.4 is 10.6 Å². The summed E-state index contributed by atoms with van der Waals surface area (Å²) in [5, 5.41) is 13.2. The van der Waals surface area contributed by atoms with Gasteiger partial charge in [0.1, 0.15) is 18.0 Å². The Balaban J connectivity index is 1.91. The molecule has 2 amide bonds. The molecule has 0 bridgehead atoms. The van der Waals surface area contributed by atoms with Crippen LogP contribution in [0.15, 0.2) is 41.7 Å². The molecule has 0 aliphatic heterocycles. The molecule has 1 aromatic carbocycles. The number of halogens is 4. The predicted molar refractivity (Wildman–Crippen MR) is 133 cm³/mol. The van der Waals surface area contributed by atoms with E-state index in [9.17, 15) is 18.4 Å². The van der Waals surface area contributed by atoms with Gasteiger partial charge in [-0.1, -0.05) is 28.4 Å². The van der Waals surface area contributed by atoms with Crippen LogP contribution in [0.5, 0.6) is 0 Å². The van der Waals surface area contributed by atoms with Crippen molar-refractivity contribution >= 4 is 46.9 Å². The molecule has 0 saturated carbocycles. The Kier molecular flexibility index (Phi) is 9.31. The van der Waals surface area contributed by atoms with Crippen molar-refractivity contribution in [2.75, 3.05) is 18.5 Å². The minimum Gasteiger partial charge on any atom is -0.396 e. The van der Waals surface area contributed by atoms with Crippen LogP contribution in [0.1, 0.15) is 51.9 Å². The Morgan fingerprint density at radius 2 is 2.03 bits per heavy atom. The first kappa shape index (κ1) is 27.0. The summed E-state index contributed by atoms with van der Waals surface area (Å²) < 4.78 is 27.8. The fourth-order valence-corrected chi connectivity index (χ4v) is 3.63. The van der Waals surface area contributed by atoms with Crippen LogP contribution in [0.25, 0.3) is 5.82 Å². The summed E-state index contributed by atoms with van der Waals surface area (Å²) in [6, 6.07) is 6.92. The van der Waals surface area contributed by atoms with Crippen molar-refractivity contribution < 1.29 is 23.2 Å². The number of pyridine rings is 1. The second-order valence-corrected chi connectivity index (χ2v) is 8.17. The highest BCUT2D eigenvalue weighted by atomic mass is 35.5. The maximum absolute atomic E-state index is 13.4. The monoisotopic (exact) mass is 538 g/mol. The van der Waals surface area contributed by atoms with Crippen molar-refractivity contribution in [2.45, 2.75) is 26.7 Å². The van der Waals surface area contributed by atoms with Gasteiger partial charge in [-0.05, 0) is 49.7 Å². The van der Waals surface area contributed by atoms with Gasteiger partial charge >= 0.3 is 0 Å². The van der Waals surface area contributed by atoms with Gasteiger partial charge in [0.05, 0.1) is 16.3 Å². The molecule has 3 rings (SSSR count). The highest BCUT2D eigenvalue weighted by Gasteiger charge is 2.25. The minimum atomic E-state index is -2.94. The molecule has 0 unspecified atom stereocenters. The van der Waals surface area contributed by atoms with Crippen molar-refractivity contribution in [3.8, 4) is 5.82 Å². The molecule has 0 spiro atoms. The summed E-state index contributed by atoms with van der Waals surface area (Å²) in [4.78, 5) is 35.0. The van der Waals surface area contributed by atoms with Gasteiger partial charge in [0.2, 0.25) is 0 Å². The number of nitrogens with zero attached hydrogens (tertiary/aromatic N) is 4. The largest absolute Gasteiger partial charge is 0.396 e. The number of rotatable bonds is 10. The third-order valence-electron chi connectivity index (χ3n) is 4.74. The molecule has 2 aromatic heterocycles. The molecule has 36 heavy (non-hydrogen) atoms. The van der Waals surface area contributed by atoms with E-state index in [1.165, 1.54) is 24.5 Å². The van der Waals surface area contributed by atoms with Crippen molar-refractivity contribution in [1.82, 2.24) is 20.1 Å². The van der Waals surface area contributed by atoms with Gasteiger partial charge in [0, 0.05) is 30.4 Å². The maximum Gasteiger partial charge on any atom is 0.282 e. The number of anilines is 1. The number of aromatic nitrogens is 3. The van der Waals surface area contributed by atoms with Crippen LogP contribution in [0, 0.1) is 6.92 Å². The van der Waals surface area contributed by atoms with Crippen LogP contribution in [0.2, 0.25) is 10.0 Å². The number of hydrogen-bond donors (Lipinski definition) is 2. The summed E-state index contributed by atoms with van der Waals surface area (Å²) in [5.41, 5.74) is -0.162. The van der Waals surface area contributed by atoms with E-state index < -0.39 is 23.9 Å². The number of amides is 2. The Bertz CT molecular complexity index is 1280. The number of alkyl halides is 2. The van der Waals surface area contributed by atoms with Gasteiger partial charge in [0.25, 0.3) is 18.2 Å². The SMILES string of the molecule is CCO/N=C/CCNC(=O)c1cc(Cl)cc(C)c1NC(=O)c1cc(C(F)F)nn1-c1ncccc1Cl. The van der Waals surface area contributed by atoms with Crippen LogP contribution in [0.3, 0.4) is 0 Å². The zero-order valence-electron chi connectivity index (χ0n) is 19.3.